The molecule has 0 heterocycles. The topological polar surface area (TPSA) is 75.6 Å². The van der Waals surface area contributed by atoms with E-state index in [9.17, 15) is 9.59 Å². The first-order chi connectivity index (χ1) is 9.48. The normalized spacial score (nSPS) is 17.1. The van der Waals surface area contributed by atoms with Gasteiger partial charge in [0.05, 0.1) is 0 Å². The number of aliphatic carboxylic acids is 1. The lowest BCUT2D eigenvalue weighted by atomic mass is 9.99. The van der Waals surface area contributed by atoms with E-state index in [-0.39, 0.29) is 12.0 Å². The first-order valence-corrected chi connectivity index (χ1v) is 6.69. The number of amides is 1. The average molecular weight is 277 g/mol. The molecule has 108 valence electrons. The van der Waals surface area contributed by atoms with Crippen molar-refractivity contribution < 1.29 is 19.4 Å². The number of hydrogen-bond donors (Lipinski definition) is 2. The Balaban J connectivity index is 1.81. The minimum Gasteiger partial charge on any atom is -0.480 e. The van der Waals surface area contributed by atoms with Crippen LogP contribution in [0, 0.1) is 5.41 Å². The van der Waals surface area contributed by atoms with Crippen molar-refractivity contribution in [2.45, 2.75) is 38.8 Å². The fraction of sp³-hybridized carbons (Fsp3) is 0.467. The summed E-state index contributed by atoms with van der Waals surface area (Å²) in [5, 5.41) is 11.6. The van der Waals surface area contributed by atoms with Gasteiger partial charge in [0, 0.05) is 0 Å². The summed E-state index contributed by atoms with van der Waals surface area (Å²) in [6, 6.07) is 8.38. The molecule has 0 aromatic heterocycles. The SMILES string of the molecule is CC1(CC(NC(=O)OCc2ccccc2)C(=O)O)CC1. The smallest absolute Gasteiger partial charge is 0.408 e. The van der Waals surface area contributed by atoms with E-state index in [0.717, 1.165) is 18.4 Å². The molecule has 1 atom stereocenters. The van der Waals surface area contributed by atoms with Crippen LogP contribution in [0.5, 0.6) is 0 Å². The van der Waals surface area contributed by atoms with Crippen LogP contribution in [0.15, 0.2) is 30.3 Å². The number of carbonyl (C=O) groups excluding carboxylic acids is 1. The summed E-state index contributed by atoms with van der Waals surface area (Å²) in [5.74, 6) is -1.02. The van der Waals surface area contributed by atoms with Crippen molar-refractivity contribution in [2.75, 3.05) is 0 Å². The van der Waals surface area contributed by atoms with Gasteiger partial charge in [0.15, 0.2) is 0 Å². The zero-order chi connectivity index (χ0) is 14.6. The van der Waals surface area contributed by atoms with Crippen LogP contribution in [0.25, 0.3) is 0 Å². The van der Waals surface area contributed by atoms with Gasteiger partial charge in [-0.15, -0.1) is 0 Å². The molecule has 1 aliphatic rings. The molecule has 0 spiro atoms. The molecule has 1 aromatic carbocycles. The van der Waals surface area contributed by atoms with Crippen molar-refractivity contribution in [3.8, 4) is 0 Å². The second-order valence-corrected chi connectivity index (χ2v) is 5.61. The summed E-state index contributed by atoms with van der Waals surface area (Å²) < 4.78 is 5.03. The standard InChI is InChI=1S/C15H19NO4/c1-15(7-8-15)9-12(13(17)18)16-14(19)20-10-11-5-3-2-4-6-11/h2-6,12H,7-10H2,1H3,(H,16,19)(H,17,18). The van der Waals surface area contributed by atoms with Gasteiger partial charge in [0.1, 0.15) is 12.6 Å². The van der Waals surface area contributed by atoms with Crippen molar-refractivity contribution in [2.24, 2.45) is 5.41 Å². The highest BCUT2D eigenvalue weighted by atomic mass is 16.5. The predicted octanol–water partition coefficient (Wildman–Crippen LogP) is 2.56. The molecular weight excluding hydrogens is 258 g/mol. The Morgan fingerprint density at radius 3 is 2.55 bits per heavy atom. The third-order valence-electron chi connectivity index (χ3n) is 3.60. The van der Waals surface area contributed by atoms with Crippen LogP contribution in [0.2, 0.25) is 0 Å². The molecule has 1 fully saturated rings. The number of hydrogen-bond acceptors (Lipinski definition) is 3. The molecule has 20 heavy (non-hydrogen) atoms. The Morgan fingerprint density at radius 1 is 1.35 bits per heavy atom. The summed E-state index contributed by atoms with van der Waals surface area (Å²) in [7, 11) is 0. The molecule has 2 N–H and O–H groups in total. The first kappa shape index (κ1) is 14.4. The molecule has 1 amide bonds. The molecule has 0 saturated heterocycles. The second kappa shape index (κ2) is 5.94. The van der Waals surface area contributed by atoms with E-state index in [4.69, 9.17) is 9.84 Å². The summed E-state index contributed by atoms with van der Waals surface area (Å²) in [6.07, 6.45) is 1.78. The number of benzene rings is 1. The predicted molar refractivity (Wildman–Crippen MR) is 73.1 cm³/mol. The quantitative estimate of drug-likeness (QED) is 0.838. The number of ether oxygens (including phenoxy) is 1. The highest BCUT2D eigenvalue weighted by Crippen LogP contribution is 2.48. The largest absolute Gasteiger partial charge is 0.480 e. The van der Waals surface area contributed by atoms with E-state index >= 15 is 0 Å². The van der Waals surface area contributed by atoms with Crippen molar-refractivity contribution in [3.05, 3.63) is 35.9 Å². The number of rotatable bonds is 6. The van der Waals surface area contributed by atoms with Crippen molar-refractivity contribution in [1.29, 1.82) is 0 Å². The molecule has 0 bridgehead atoms. The van der Waals surface area contributed by atoms with Gasteiger partial charge in [0.25, 0.3) is 0 Å². The fourth-order valence-electron chi connectivity index (χ4n) is 2.02. The average Bonchev–Trinajstić information content (AvgIpc) is 3.14. The van der Waals surface area contributed by atoms with E-state index in [1.807, 2.05) is 37.3 Å². The van der Waals surface area contributed by atoms with Gasteiger partial charge in [-0.1, -0.05) is 37.3 Å². The van der Waals surface area contributed by atoms with Crippen LogP contribution in [-0.2, 0) is 16.1 Å². The molecule has 2 rings (SSSR count). The highest BCUT2D eigenvalue weighted by molar-refractivity contribution is 5.80. The fourth-order valence-corrected chi connectivity index (χ4v) is 2.02. The number of nitrogens with one attached hydrogen (secondary N) is 1. The molecular formula is C15H19NO4. The third-order valence-corrected chi connectivity index (χ3v) is 3.60. The van der Waals surface area contributed by atoms with Gasteiger partial charge in [-0.3, -0.25) is 0 Å². The Hall–Kier alpha value is -2.04. The molecule has 5 heteroatoms. The Kier molecular flexibility index (Phi) is 4.27. The van der Waals surface area contributed by atoms with Crippen molar-refractivity contribution in [3.63, 3.8) is 0 Å². The van der Waals surface area contributed by atoms with Gasteiger partial charge in [-0.25, -0.2) is 9.59 Å². The van der Waals surface area contributed by atoms with Gasteiger partial charge in [0.2, 0.25) is 0 Å². The van der Waals surface area contributed by atoms with Gasteiger partial charge < -0.3 is 15.2 Å². The Morgan fingerprint density at radius 2 is 2.00 bits per heavy atom. The second-order valence-electron chi connectivity index (χ2n) is 5.61. The molecule has 1 unspecified atom stereocenters. The minimum atomic E-state index is -1.02. The lowest BCUT2D eigenvalue weighted by Gasteiger charge is -2.17. The summed E-state index contributed by atoms with van der Waals surface area (Å²) in [4.78, 5) is 22.8. The summed E-state index contributed by atoms with van der Waals surface area (Å²) in [6.45, 7) is 2.16. The summed E-state index contributed by atoms with van der Waals surface area (Å²) >= 11 is 0. The van der Waals surface area contributed by atoms with Crippen LogP contribution < -0.4 is 5.32 Å². The highest BCUT2D eigenvalue weighted by Gasteiger charge is 2.41. The molecule has 0 aliphatic heterocycles. The molecule has 1 saturated carbocycles. The van der Waals surface area contributed by atoms with Crippen molar-refractivity contribution in [1.82, 2.24) is 5.32 Å². The van der Waals surface area contributed by atoms with Gasteiger partial charge in [-0.05, 0) is 30.2 Å². The Labute approximate surface area is 117 Å². The molecule has 1 aromatic rings. The number of alkyl carbamates (subject to hydrolysis) is 1. The molecule has 5 nitrogen and oxygen atoms in total. The minimum absolute atomic E-state index is 0.0514. The van der Waals surface area contributed by atoms with Crippen LogP contribution in [0.1, 0.15) is 31.7 Å². The zero-order valence-electron chi connectivity index (χ0n) is 11.5. The lowest BCUT2D eigenvalue weighted by Crippen LogP contribution is -2.42. The maximum absolute atomic E-state index is 11.6. The van der Waals surface area contributed by atoms with E-state index in [0.29, 0.717) is 6.42 Å². The summed E-state index contributed by atoms with van der Waals surface area (Å²) in [5.41, 5.74) is 0.916. The lowest BCUT2D eigenvalue weighted by molar-refractivity contribution is -0.139. The van der Waals surface area contributed by atoms with Gasteiger partial charge >= 0.3 is 12.1 Å². The number of carboxylic acid groups (broad SMARTS) is 1. The van der Waals surface area contributed by atoms with Crippen LogP contribution >= 0.6 is 0 Å². The zero-order valence-corrected chi connectivity index (χ0v) is 11.5. The number of carboxylic acids is 1. The first-order valence-electron chi connectivity index (χ1n) is 6.69. The van der Waals surface area contributed by atoms with Crippen molar-refractivity contribution >= 4 is 12.1 Å². The van der Waals surface area contributed by atoms with Crippen LogP contribution in [0.3, 0.4) is 0 Å². The monoisotopic (exact) mass is 277 g/mol. The van der Waals surface area contributed by atoms with Crippen LogP contribution in [-0.4, -0.2) is 23.2 Å². The third kappa shape index (κ3) is 4.26. The molecule has 1 aliphatic carbocycles. The maximum Gasteiger partial charge on any atom is 0.408 e. The van der Waals surface area contributed by atoms with Gasteiger partial charge in [-0.2, -0.15) is 0 Å². The van der Waals surface area contributed by atoms with E-state index in [1.165, 1.54) is 0 Å². The maximum atomic E-state index is 11.6. The van der Waals surface area contributed by atoms with E-state index in [1.54, 1.807) is 0 Å². The van der Waals surface area contributed by atoms with E-state index in [2.05, 4.69) is 5.32 Å². The number of carbonyl (C=O) groups is 2. The molecule has 0 radical (unpaired) electrons. The van der Waals surface area contributed by atoms with Crippen LogP contribution in [0.4, 0.5) is 4.79 Å². The van der Waals surface area contributed by atoms with E-state index < -0.39 is 18.1 Å². The Bertz CT molecular complexity index is 482.